The first-order chi connectivity index (χ1) is 21.6. The molecular formula is C35H43N5O5. The Hall–Kier alpha value is -4.39. The van der Waals surface area contributed by atoms with Gasteiger partial charge in [0.1, 0.15) is 24.1 Å². The molecule has 2 heterocycles. The maximum Gasteiger partial charge on any atom is 0.408 e. The normalized spacial score (nSPS) is 22.3. The number of hydrogen-bond acceptors (Lipinski definition) is 5. The van der Waals surface area contributed by atoms with Crippen LogP contribution in [0.1, 0.15) is 69.9 Å². The molecule has 1 unspecified atom stereocenters. The van der Waals surface area contributed by atoms with E-state index in [4.69, 9.17) is 11.3 Å². The lowest BCUT2D eigenvalue weighted by Gasteiger charge is -2.37. The first-order valence-corrected chi connectivity index (χ1v) is 16.0. The molecule has 2 aliphatic heterocycles. The van der Waals surface area contributed by atoms with Gasteiger partial charge in [0.05, 0.1) is 6.42 Å². The first kappa shape index (κ1) is 32.0. The molecule has 0 bridgehead atoms. The molecule has 3 aliphatic rings. The third kappa shape index (κ3) is 6.68. The molecule has 2 N–H and O–H groups in total. The van der Waals surface area contributed by atoms with Gasteiger partial charge in [0.25, 0.3) is 5.91 Å². The quantitative estimate of drug-likeness (QED) is 0.382. The van der Waals surface area contributed by atoms with E-state index >= 15 is 0 Å². The van der Waals surface area contributed by atoms with Crippen LogP contribution in [0, 0.1) is 18.4 Å². The summed E-state index contributed by atoms with van der Waals surface area (Å²) < 4.78 is 5.49. The summed E-state index contributed by atoms with van der Waals surface area (Å²) in [4.78, 5) is 61.7. The number of carbonyl (C=O) groups excluding carboxylic acids is 4. The lowest BCUT2D eigenvalue weighted by Crippen LogP contribution is -2.58. The first-order valence-electron chi connectivity index (χ1n) is 16.0. The summed E-state index contributed by atoms with van der Waals surface area (Å²) in [6.45, 7) is 12.0. The number of nitrogens with one attached hydrogen (secondary N) is 2. The minimum atomic E-state index is -1.01. The number of alkyl carbamates (subject to hydrolysis) is 1. The van der Waals surface area contributed by atoms with E-state index in [-0.39, 0.29) is 49.1 Å². The number of likely N-dealkylation sites (N-methyl/N-ethyl adjacent to an activating group) is 1. The molecule has 1 aliphatic carbocycles. The molecule has 2 fully saturated rings. The lowest BCUT2D eigenvalue weighted by molar-refractivity contribution is -0.147. The Morgan fingerprint density at radius 2 is 1.78 bits per heavy atom. The van der Waals surface area contributed by atoms with E-state index < -0.39 is 29.8 Å². The number of rotatable bonds is 9. The van der Waals surface area contributed by atoms with Gasteiger partial charge in [-0.2, -0.15) is 0 Å². The maximum atomic E-state index is 14.4. The van der Waals surface area contributed by atoms with E-state index in [1.807, 2.05) is 68.4 Å². The van der Waals surface area contributed by atoms with Crippen LogP contribution in [0.2, 0.25) is 0 Å². The predicted octanol–water partition coefficient (Wildman–Crippen LogP) is 5.10. The molecule has 1 spiro atoms. The zero-order valence-electron chi connectivity index (χ0n) is 26.3. The van der Waals surface area contributed by atoms with E-state index in [1.165, 1.54) is 9.80 Å². The van der Waals surface area contributed by atoms with Crippen molar-refractivity contribution in [1.29, 1.82) is 0 Å². The summed E-state index contributed by atoms with van der Waals surface area (Å²) in [6.07, 6.45) is 3.61. The van der Waals surface area contributed by atoms with Crippen LogP contribution in [0.15, 0.2) is 54.6 Å². The highest BCUT2D eigenvalue weighted by molar-refractivity contribution is 6.07. The van der Waals surface area contributed by atoms with Gasteiger partial charge in [-0.25, -0.2) is 11.4 Å². The van der Waals surface area contributed by atoms with E-state index in [1.54, 1.807) is 7.05 Å². The molecule has 0 aromatic heterocycles. The van der Waals surface area contributed by atoms with Crippen LogP contribution in [-0.4, -0.2) is 65.5 Å². The number of benzene rings is 2. The fraction of sp³-hybridized carbons (Fsp3) is 0.514. The van der Waals surface area contributed by atoms with Crippen molar-refractivity contribution >= 4 is 29.5 Å². The van der Waals surface area contributed by atoms with Crippen molar-refractivity contribution in [3.05, 3.63) is 77.1 Å². The van der Waals surface area contributed by atoms with Gasteiger partial charge in [0.2, 0.25) is 11.8 Å². The van der Waals surface area contributed by atoms with Crippen LogP contribution in [0.25, 0.3) is 4.85 Å². The van der Waals surface area contributed by atoms with Gasteiger partial charge in [0.15, 0.2) is 0 Å². The van der Waals surface area contributed by atoms with Gasteiger partial charge in [-0.15, -0.1) is 0 Å². The van der Waals surface area contributed by atoms with Crippen molar-refractivity contribution in [3.8, 4) is 0 Å². The second-order valence-electron chi connectivity index (χ2n) is 13.0. The lowest BCUT2D eigenvalue weighted by atomic mass is 9.80. The standard InChI is InChI=1S/C35H43N5O5/c1-23(2)19-28(31(41)40-22-35(20-29(40)36-3)26-17-11-12-18-27(26)37-33(35)43)39(4)32(42)30(25-15-9-6-10-16-25)38-34(44)45-21-24-13-7-5-8-14-24/h5,7-8,11-14,17-18,23,25,28-30H,6,9-10,15-16,19-22H2,1-2,4H3,(H,37,43)(H,38,44)/t28-,29-,30?,35-/m0/s1. The van der Waals surface area contributed by atoms with Crippen LogP contribution in [0.5, 0.6) is 0 Å². The molecule has 1 saturated carbocycles. The second kappa shape index (κ2) is 13.7. The molecule has 4 amide bonds. The smallest absolute Gasteiger partial charge is 0.408 e. The largest absolute Gasteiger partial charge is 0.445 e. The minimum absolute atomic E-state index is 0.0598. The Morgan fingerprint density at radius 3 is 2.47 bits per heavy atom. The number of likely N-dealkylation sites (tertiary alicyclic amines) is 1. The average molecular weight is 614 g/mol. The second-order valence-corrected chi connectivity index (χ2v) is 13.0. The Balaban J connectivity index is 1.37. The number of para-hydroxylation sites is 1. The van der Waals surface area contributed by atoms with Crippen molar-refractivity contribution in [2.45, 2.75) is 89.1 Å². The molecule has 1 saturated heterocycles. The van der Waals surface area contributed by atoms with E-state index in [0.717, 1.165) is 43.2 Å². The summed E-state index contributed by atoms with van der Waals surface area (Å²) in [5, 5.41) is 5.78. The third-order valence-electron chi connectivity index (χ3n) is 9.56. The van der Waals surface area contributed by atoms with E-state index in [2.05, 4.69) is 15.5 Å². The topological polar surface area (TPSA) is 112 Å². The van der Waals surface area contributed by atoms with Gasteiger partial charge in [-0.1, -0.05) is 81.6 Å². The summed E-state index contributed by atoms with van der Waals surface area (Å²) in [7, 11) is 1.61. The molecular weight excluding hydrogens is 570 g/mol. The fourth-order valence-corrected chi connectivity index (χ4v) is 7.13. The number of carbonyl (C=O) groups is 4. The van der Waals surface area contributed by atoms with Crippen LogP contribution in [0.4, 0.5) is 10.5 Å². The van der Waals surface area contributed by atoms with Crippen molar-refractivity contribution in [3.63, 3.8) is 0 Å². The Labute approximate surface area is 265 Å². The summed E-state index contributed by atoms with van der Waals surface area (Å²) in [5.41, 5.74) is 1.32. The zero-order chi connectivity index (χ0) is 32.1. The Bertz CT molecular complexity index is 1450. The molecule has 238 valence electrons. The third-order valence-corrected chi connectivity index (χ3v) is 9.56. The van der Waals surface area contributed by atoms with Crippen molar-refractivity contribution in [2.75, 3.05) is 18.9 Å². The zero-order valence-corrected chi connectivity index (χ0v) is 26.3. The molecule has 10 heteroatoms. The molecule has 2 aromatic carbocycles. The SMILES string of the molecule is [C-]#[N+][C@@H]1C[C@@]2(CN1C(=O)[C@H](CC(C)C)N(C)C(=O)C(NC(=O)OCc1ccccc1)C1CCCCC1)C(=O)Nc1ccccc12. The molecule has 5 rings (SSSR count). The summed E-state index contributed by atoms with van der Waals surface area (Å²) >= 11 is 0. The predicted molar refractivity (Wildman–Crippen MR) is 170 cm³/mol. The Kier molecular flexibility index (Phi) is 9.76. The minimum Gasteiger partial charge on any atom is -0.445 e. The van der Waals surface area contributed by atoms with Gasteiger partial charge in [-0.05, 0) is 48.3 Å². The van der Waals surface area contributed by atoms with Crippen molar-refractivity contribution < 1.29 is 23.9 Å². The van der Waals surface area contributed by atoms with Crippen molar-refractivity contribution in [2.24, 2.45) is 11.8 Å². The number of amides is 4. The number of hydrogen-bond donors (Lipinski definition) is 2. The highest BCUT2D eigenvalue weighted by Gasteiger charge is 2.59. The van der Waals surface area contributed by atoms with Crippen LogP contribution in [0.3, 0.4) is 0 Å². The molecule has 2 aromatic rings. The highest BCUT2D eigenvalue weighted by Crippen LogP contribution is 2.47. The highest BCUT2D eigenvalue weighted by atomic mass is 16.5. The molecule has 10 nitrogen and oxygen atoms in total. The van der Waals surface area contributed by atoms with Gasteiger partial charge < -0.3 is 20.3 Å². The molecule has 45 heavy (non-hydrogen) atoms. The maximum absolute atomic E-state index is 14.4. The van der Waals surface area contributed by atoms with Crippen LogP contribution in [-0.2, 0) is 31.1 Å². The van der Waals surface area contributed by atoms with Crippen LogP contribution < -0.4 is 10.6 Å². The number of anilines is 1. The molecule has 0 radical (unpaired) electrons. The van der Waals surface area contributed by atoms with Gasteiger partial charge in [-0.3, -0.25) is 24.1 Å². The van der Waals surface area contributed by atoms with E-state index in [9.17, 15) is 19.2 Å². The summed E-state index contributed by atoms with van der Waals surface area (Å²) in [5.74, 6) is -0.950. The Morgan fingerprint density at radius 1 is 1.09 bits per heavy atom. The number of ether oxygens (including phenoxy) is 1. The number of nitrogens with zero attached hydrogens (tertiary/aromatic N) is 3. The summed E-state index contributed by atoms with van der Waals surface area (Å²) in [6, 6.07) is 15.0. The van der Waals surface area contributed by atoms with Gasteiger partial charge in [0, 0.05) is 19.3 Å². The van der Waals surface area contributed by atoms with Gasteiger partial charge >= 0.3 is 12.3 Å². The monoisotopic (exact) mass is 613 g/mol. The van der Waals surface area contributed by atoms with Crippen LogP contribution >= 0.6 is 0 Å². The average Bonchev–Trinajstić information content (AvgIpc) is 3.58. The molecule has 4 atom stereocenters. The van der Waals surface area contributed by atoms with E-state index in [0.29, 0.717) is 12.1 Å². The van der Waals surface area contributed by atoms with Crippen molar-refractivity contribution in [1.82, 2.24) is 15.1 Å². The fourth-order valence-electron chi connectivity index (χ4n) is 7.13. The number of fused-ring (bicyclic) bond motifs is 2.